The van der Waals surface area contributed by atoms with E-state index in [1.807, 2.05) is 0 Å². The first-order chi connectivity index (χ1) is 9.29. The SMILES string of the molecule is CCCCc1ccc(CC(=O)N2CCCCO2)cc1. The lowest BCUT2D eigenvalue weighted by Crippen LogP contribution is -2.36. The van der Waals surface area contributed by atoms with Gasteiger partial charge in [-0.1, -0.05) is 37.6 Å². The minimum absolute atomic E-state index is 0.0704. The number of hydrogen-bond acceptors (Lipinski definition) is 2. The lowest BCUT2D eigenvalue weighted by molar-refractivity contribution is -0.196. The molecule has 0 atom stereocenters. The Morgan fingerprint density at radius 3 is 2.58 bits per heavy atom. The first-order valence-electron chi connectivity index (χ1n) is 7.30. The van der Waals surface area contributed by atoms with Crippen LogP contribution < -0.4 is 0 Å². The summed E-state index contributed by atoms with van der Waals surface area (Å²) in [5.74, 6) is 0.0704. The second kappa shape index (κ2) is 7.29. The highest BCUT2D eigenvalue weighted by molar-refractivity contribution is 5.77. The highest BCUT2D eigenvalue weighted by Gasteiger charge is 2.17. The fourth-order valence-corrected chi connectivity index (χ4v) is 2.26. The highest BCUT2D eigenvalue weighted by Crippen LogP contribution is 2.12. The van der Waals surface area contributed by atoms with Crippen LogP contribution in [-0.2, 0) is 22.5 Å². The summed E-state index contributed by atoms with van der Waals surface area (Å²) in [6.45, 7) is 3.60. The van der Waals surface area contributed by atoms with Crippen molar-refractivity contribution in [2.45, 2.75) is 45.4 Å². The van der Waals surface area contributed by atoms with Crippen molar-refractivity contribution in [3.8, 4) is 0 Å². The van der Waals surface area contributed by atoms with Gasteiger partial charge in [-0.15, -0.1) is 0 Å². The minimum Gasteiger partial charge on any atom is -0.272 e. The first-order valence-corrected chi connectivity index (χ1v) is 7.30. The Morgan fingerprint density at radius 2 is 1.95 bits per heavy atom. The first kappa shape index (κ1) is 14.1. The quantitative estimate of drug-likeness (QED) is 0.815. The third-order valence-electron chi connectivity index (χ3n) is 3.48. The molecule has 1 aromatic carbocycles. The third kappa shape index (κ3) is 4.35. The average molecular weight is 261 g/mol. The van der Waals surface area contributed by atoms with E-state index in [-0.39, 0.29) is 5.91 Å². The lowest BCUT2D eigenvalue weighted by atomic mass is 10.0. The number of carbonyl (C=O) groups excluding carboxylic acids is 1. The van der Waals surface area contributed by atoms with Gasteiger partial charge in [0, 0.05) is 6.54 Å². The number of rotatable bonds is 5. The van der Waals surface area contributed by atoms with E-state index in [0.29, 0.717) is 13.0 Å². The summed E-state index contributed by atoms with van der Waals surface area (Å²) in [5, 5.41) is 1.52. The van der Waals surface area contributed by atoms with Crippen molar-refractivity contribution < 1.29 is 9.63 Å². The molecule has 3 nitrogen and oxygen atoms in total. The fourth-order valence-electron chi connectivity index (χ4n) is 2.26. The summed E-state index contributed by atoms with van der Waals surface area (Å²) in [5.41, 5.74) is 2.42. The predicted molar refractivity (Wildman–Crippen MR) is 75.7 cm³/mol. The van der Waals surface area contributed by atoms with Gasteiger partial charge in [0.25, 0.3) is 5.91 Å². The van der Waals surface area contributed by atoms with Crippen LogP contribution in [0, 0.1) is 0 Å². The predicted octanol–water partition coefficient (Wildman–Crippen LogP) is 3.13. The van der Waals surface area contributed by atoms with Crippen molar-refractivity contribution in [2.24, 2.45) is 0 Å². The number of unbranched alkanes of at least 4 members (excludes halogenated alkanes) is 1. The molecule has 19 heavy (non-hydrogen) atoms. The zero-order valence-electron chi connectivity index (χ0n) is 11.7. The van der Waals surface area contributed by atoms with Gasteiger partial charge in [-0.25, -0.2) is 5.06 Å². The van der Waals surface area contributed by atoms with E-state index < -0.39 is 0 Å². The standard InChI is InChI=1S/C16H23NO2/c1-2-3-6-14-7-9-15(10-8-14)13-16(18)17-11-4-5-12-19-17/h7-10H,2-6,11-13H2,1H3. The molecule has 1 aliphatic rings. The monoisotopic (exact) mass is 261 g/mol. The summed E-state index contributed by atoms with van der Waals surface area (Å²) in [6, 6.07) is 8.39. The lowest BCUT2D eigenvalue weighted by Gasteiger charge is -2.25. The Labute approximate surface area is 115 Å². The summed E-state index contributed by atoms with van der Waals surface area (Å²) in [7, 11) is 0. The van der Waals surface area contributed by atoms with E-state index in [1.54, 1.807) is 0 Å². The number of carbonyl (C=O) groups is 1. The van der Waals surface area contributed by atoms with Crippen molar-refractivity contribution in [3.05, 3.63) is 35.4 Å². The molecular formula is C16H23NO2. The molecular weight excluding hydrogens is 238 g/mol. The molecule has 3 heteroatoms. The normalized spacial score (nSPS) is 15.5. The van der Waals surface area contributed by atoms with Gasteiger partial charge in [0.1, 0.15) is 0 Å². The van der Waals surface area contributed by atoms with E-state index in [0.717, 1.165) is 31.4 Å². The largest absolute Gasteiger partial charge is 0.272 e. The van der Waals surface area contributed by atoms with E-state index in [1.165, 1.54) is 23.5 Å². The van der Waals surface area contributed by atoms with E-state index in [9.17, 15) is 4.79 Å². The van der Waals surface area contributed by atoms with Gasteiger partial charge in [0.2, 0.25) is 0 Å². The van der Waals surface area contributed by atoms with Crippen molar-refractivity contribution in [1.29, 1.82) is 0 Å². The molecule has 0 bridgehead atoms. The zero-order valence-corrected chi connectivity index (χ0v) is 11.7. The number of hydrogen-bond donors (Lipinski definition) is 0. The van der Waals surface area contributed by atoms with Gasteiger partial charge in [0.05, 0.1) is 13.0 Å². The smallest absolute Gasteiger partial charge is 0.250 e. The molecule has 1 aliphatic heterocycles. The van der Waals surface area contributed by atoms with Crippen LogP contribution in [0.4, 0.5) is 0 Å². The zero-order chi connectivity index (χ0) is 13.5. The van der Waals surface area contributed by atoms with E-state index >= 15 is 0 Å². The maximum absolute atomic E-state index is 12.0. The van der Waals surface area contributed by atoms with Crippen LogP contribution in [0.15, 0.2) is 24.3 Å². The number of hydroxylamine groups is 2. The molecule has 0 saturated carbocycles. The van der Waals surface area contributed by atoms with Crippen LogP contribution in [0.2, 0.25) is 0 Å². The number of benzene rings is 1. The van der Waals surface area contributed by atoms with Crippen LogP contribution in [0.1, 0.15) is 43.7 Å². The second-order valence-electron chi connectivity index (χ2n) is 5.13. The number of nitrogens with zero attached hydrogens (tertiary/aromatic N) is 1. The van der Waals surface area contributed by atoms with Gasteiger partial charge < -0.3 is 0 Å². The van der Waals surface area contributed by atoms with Gasteiger partial charge in [-0.05, 0) is 36.8 Å². The Bertz CT molecular complexity index is 394. The number of aryl methyl sites for hydroxylation is 1. The highest BCUT2D eigenvalue weighted by atomic mass is 16.7. The van der Waals surface area contributed by atoms with E-state index in [2.05, 4.69) is 31.2 Å². The van der Waals surface area contributed by atoms with Crippen LogP contribution in [-0.4, -0.2) is 24.1 Å². The summed E-state index contributed by atoms with van der Waals surface area (Å²) < 4.78 is 0. The van der Waals surface area contributed by atoms with Crippen LogP contribution >= 0.6 is 0 Å². The second-order valence-corrected chi connectivity index (χ2v) is 5.13. The Hall–Kier alpha value is -1.35. The molecule has 0 N–H and O–H groups in total. The maximum atomic E-state index is 12.0. The van der Waals surface area contributed by atoms with Gasteiger partial charge in [0.15, 0.2) is 0 Å². The molecule has 2 rings (SSSR count). The summed E-state index contributed by atoms with van der Waals surface area (Å²) in [4.78, 5) is 17.4. The Balaban J connectivity index is 1.86. The molecule has 1 aromatic rings. The molecule has 104 valence electrons. The topological polar surface area (TPSA) is 29.5 Å². The molecule has 0 aliphatic carbocycles. The molecule has 1 heterocycles. The molecule has 0 spiro atoms. The summed E-state index contributed by atoms with van der Waals surface area (Å²) >= 11 is 0. The fraction of sp³-hybridized carbons (Fsp3) is 0.562. The molecule has 0 aromatic heterocycles. The van der Waals surface area contributed by atoms with Gasteiger partial charge >= 0.3 is 0 Å². The van der Waals surface area contributed by atoms with E-state index in [4.69, 9.17) is 4.84 Å². The maximum Gasteiger partial charge on any atom is 0.250 e. The molecule has 1 amide bonds. The van der Waals surface area contributed by atoms with Crippen LogP contribution in [0.3, 0.4) is 0 Å². The van der Waals surface area contributed by atoms with Crippen molar-refractivity contribution in [2.75, 3.05) is 13.2 Å². The molecule has 0 radical (unpaired) electrons. The van der Waals surface area contributed by atoms with Crippen LogP contribution in [0.5, 0.6) is 0 Å². The summed E-state index contributed by atoms with van der Waals surface area (Å²) in [6.07, 6.45) is 6.10. The Morgan fingerprint density at radius 1 is 1.21 bits per heavy atom. The minimum atomic E-state index is 0.0704. The van der Waals surface area contributed by atoms with Crippen molar-refractivity contribution in [1.82, 2.24) is 5.06 Å². The Kier molecular flexibility index (Phi) is 5.40. The van der Waals surface area contributed by atoms with Crippen molar-refractivity contribution >= 4 is 5.91 Å². The van der Waals surface area contributed by atoms with Crippen LogP contribution in [0.25, 0.3) is 0 Å². The van der Waals surface area contributed by atoms with Gasteiger partial charge in [-0.2, -0.15) is 0 Å². The average Bonchev–Trinajstić information content (AvgIpc) is 2.47. The third-order valence-corrected chi connectivity index (χ3v) is 3.48. The molecule has 1 saturated heterocycles. The molecule has 0 unspecified atom stereocenters. The molecule has 1 fully saturated rings. The van der Waals surface area contributed by atoms with Crippen molar-refractivity contribution in [3.63, 3.8) is 0 Å². The number of amides is 1. The van der Waals surface area contributed by atoms with Gasteiger partial charge in [-0.3, -0.25) is 9.63 Å².